The number of aryl methyl sites for hydroxylation is 1. The van der Waals surface area contributed by atoms with E-state index in [9.17, 15) is 0 Å². The average Bonchev–Trinajstić information content (AvgIpc) is 3.09. The Kier molecular flexibility index (Phi) is 3.38. The molecule has 0 radical (unpaired) electrons. The quantitative estimate of drug-likeness (QED) is 0.690. The lowest BCUT2D eigenvalue weighted by molar-refractivity contribution is 0.433. The van der Waals surface area contributed by atoms with Crippen molar-refractivity contribution in [2.45, 2.75) is 6.92 Å². The Bertz CT molecular complexity index is 816. The van der Waals surface area contributed by atoms with Gasteiger partial charge in [-0.15, -0.1) is 11.3 Å². The first kappa shape index (κ1) is 13.0. The van der Waals surface area contributed by atoms with Gasteiger partial charge in [0.2, 0.25) is 5.82 Å². The highest BCUT2D eigenvalue weighted by Gasteiger charge is 2.13. The lowest BCUT2D eigenvalue weighted by Crippen LogP contribution is -1.82. The second-order valence-corrected chi connectivity index (χ2v) is 6.10. The van der Waals surface area contributed by atoms with E-state index < -0.39 is 0 Å². The lowest BCUT2D eigenvalue weighted by Gasteiger charge is -1.99. The Hall–Kier alpha value is -1.97. The number of thiophene rings is 1. The number of rotatable bonds is 2. The van der Waals surface area contributed by atoms with Crippen LogP contribution in [0.3, 0.4) is 0 Å². The number of hydrogen-bond donors (Lipinski definition) is 0. The molecule has 3 aromatic rings. The molecule has 4 nitrogen and oxygen atoms in total. The largest absolute Gasteiger partial charge is 0.333 e. The number of aromatic nitrogens is 2. The molecule has 0 atom stereocenters. The van der Waals surface area contributed by atoms with E-state index in [2.05, 4.69) is 32.1 Å². The Morgan fingerprint density at radius 1 is 1.30 bits per heavy atom. The van der Waals surface area contributed by atoms with Crippen molar-refractivity contribution in [1.29, 1.82) is 5.26 Å². The molecule has 3 rings (SSSR count). The van der Waals surface area contributed by atoms with Crippen molar-refractivity contribution in [3.63, 3.8) is 0 Å². The molecule has 0 saturated heterocycles. The first-order valence-corrected chi connectivity index (χ1v) is 7.39. The molecule has 0 amide bonds. The minimum Gasteiger partial charge on any atom is -0.333 e. The van der Waals surface area contributed by atoms with Gasteiger partial charge < -0.3 is 4.52 Å². The van der Waals surface area contributed by atoms with Crippen LogP contribution >= 0.6 is 27.3 Å². The Morgan fingerprint density at radius 2 is 2.15 bits per heavy atom. The van der Waals surface area contributed by atoms with Crippen LogP contribution in [-0.2, 0) is 0 Å². The summed E-state index contributed by atoms with van der Waals surface area (Å²) in [5, 5.41) is 12.8. The lowest BCUT2D eigenvalue weighted by atomic mass is 10.1. The predicted octanol–water partition coefficient (Wildman–Crippen LogP) is 4.41. The van der Waals surface area contributed by atoms with Gasteiger partial charge in [-0.05, 0) is 30.7 Å². The van der Waals surface area contributed by atoms with Crippen LogP contribution in [0.4, 0.5) is 0 Å². The summed E-state index contributed by atoms with van der Waals surface area (Å²) in [5.41, 5.74) is 2.03. The fraction of sp³-hybridized carbons (Fsp3) is 0.0714. The molecule has 20 heavy (non-hydrogen) atoms. The van der Waals surface area contributed by atoms with Crippen molar-refractivity contribution in [3.05, 3.63) is 45.2 Å². The molecule has 6 heteroatoms. The molecular formula is C14H8BrN3OS. The number of nitriles is 1. The first-order valence-electron chi connectivity index (χ1n) is 5.78. The molecule has 0 aliphatic heterocycles. The fourth-order valence-corrected chi connectivity index (χ4v) is 2.79. The third kappa shape index (κ3) is 2.38. The van der Waals surface area contributed by atoms with Crippen molar-refractivity contribution < 1.29 is 4.52 Å². The van der Waals surface area contributed by atoms with Crippen molar-refractivity contribution >= 4 is 27.3 Å². The summed E-state index contributed by atoms with van der Waals surface area (Å²) >= 11 is 4.82. The van der Waals surface area contributed by atoms with Crippen molar-refractivity contribution in [2.75, 3.05) is 0 Å². The molecule has 0 bridgehead atoms. The minimum atomic E-state index is 0.434. The SMILES string of the molecule is Cc1ccc(-c2noc(-c3ccc(C#N)s3)n2)cc1Br. The zero-order valence-corrected chi connectivity index (χ0v) is 12.8. The zero-order valence-electron chi connectivity index (χ0n) is 10.4. The van der Waals surface area contributed by atoms with Gasteiger partial charge in [0.25, 0.3) is 5.89 Å². The summed E-state index contributed by atoms with van der Waals surface area (Å²) in [7, 11) is 0. The van der Waals surface area contributed by atoms with Crippen LogP contribution in [0.1, 0.15) is 10.4 Å². The molecule has 1 aromatic carbocycles. The summed E-state index contributed by atoms with van der Waals surface area (Å²) in [6.45, 7) is 2.02. The highest BCUT2D eigenvalue weighted by Crippen LogP contribution is 2.29. The Labute approximate surface area is 127 Å². The summed E-state index contributed by atoms with van der Waals surface area (Å²) in [6, 6.07) is 11.5. The second-order valence-electron chi connectivity index (χ2n) is 4.16. The fourth-order valence-electron chi connectivity index (χ4n) is 1.69. The summed E-state index contributed by atoms with van der Waals surface area (Å²) in [5.74, 6) is 0.968. The number of hydrogen-bond acceptors (Lipinski definition) is 5. The van der Waals surface area contributed by atoms with Gasteiger partial charge in [-0.1, -0.05) is 33.2 Å². The van der Waals surface area contributed by atoms with Gasteiger partial charge in [-0.25, -0.2) is 0 Å². The summed E-state index contributed by atoms with van der Waals surface area (Å²) < 4.78 is 6.26. The molecule has 0 aliphatic rings. The highest BCUT2D eigenvalue weighted by molar-refractivity contribution is 9.10. The predicted molar refractivity (Wildman–Crippen MR) is 80.2 cm³/mol. The van der Waals surface area contributed by atoms with Crippen LogP contribution in [0.25, 0.3) is 22.2 Å². The van der Waals surface area contributed by atoms with Crippen LogP contribution in [0.2, 0.25) is 0 Å². The monoisotopic (exact) mass is 345 g/mol. The van der Waals surface area contributed by atoms with Gasteiger partial charge in [-0.2, -0.15) is 10.2 Å². The maximum absolute atomic E-state index is 8.83. The number of benzene rings is 1. The van der Waals surface area contributed by atoms with E-state index in [1.807, 2.05) is 31.2 Å². The van der Waals surface area contributed by atoms with Crippen molar-refractivity contribution in [2.24, 2.45) is 0 Å². The summed E-state index contributed by atoms with van der Waals surface area (Å²) in [6.07, 6.45) is 0. The standard InChI is InChI=1S/C14H8BrN3OS/c1-8-2-3-9(6-11(8)15)13-17-14(19-18-13)12-5-4-10(7-16)20-12/h2-6H,1H3. The molecule has 0 unspecified atom stereocenters. The third-order valence-corrected chi connectivity index (χ3v) is 4.62. The average molecular weight is 346 g/mol. The first-order chi connectivity index (χ1) is 9.67. The molecule has 0 N–H and O–H groups in total. The molecule has 0 spiro atoms. The smallest absolute Gasteiger partial charge is 0.268 e. The van der Waals surface area contributed by atoms with Gasteiger partial charge >= 0.3 is 0 Å². The molecule has 2 aromatic heterocycles. The van der Waals surface area contributed by atoms with Crippen LogP contribution in [0.5, 0.6) is 0 Å². The topological polar surface area (TPSA) is 62.7 Å². The molecule has 98 valence electrons. The van der Waals surface area contributed by atoms with E-state index in [1.165, 1.54) is 11.3 Å². The van der Waals surface area contributed by atoms with Crippen molar-refractivity contribution in [1.82, 2.24) is 10.1 Å². The number of halogens is 1. The van der Waals surface area contributed by atoms with Crippen LogP contribution in [0.15, 0.2) is 39.3 Å². The molecule has 0 saturated carbocycles. The normalized spacial score (nSPS) is 10.4. The van der Waals surface area contributed by atoms with E-state index in [4.69, 9.17) is 9.78 Å². The van der Waals surface area contributed by atoms with Crippen molar-refractivity contribution in [3.8, 4) is 28.2 Å². The zero-order chi connectivity index (χ0) is 14.1. The highest BCUT2D eigenvalue weighted by atomic mass is 79.9. The maximum atomic E-state index is 8.83. The van der Waals surface area contributed by atoms with Crippen LogP contribution in [-0.4, -0.2) is 10.1 Å². The minimum absolute atomic E-state index is 0.434. The van der Waals surface area contributed by atoms with Crippen LogP contribution < -0.4 is 0 Å². The van der Waals surface area contributed by atoms with Crippen LogP contribution in [0, 0.1) is 18.3 Å². The van der Waals surface area contributed by atoms with E-state index in [1.54, 1.807) is 6.07 Å². The van der Waals surface area contributed by atoms with E-state index in [0.29, 0.717) is 16.6 Å². The Morgan fingerprint density at radius 3 is 2.85 bits per heavy atom. The van der Waals surface area contributed by atoms with Gasteiger partial charge in [0, 0.05) is 10.0 Å². The third-order valence-electron chi connectivity index (χ3n) is 2.78. The van der Waals surface area contributed by atoms with E-state index >= 15 is 0 Å². The van der Waals surface area contributed by atoms with E-state index in [0.717, 1.165) is 20.5 Å². The molecular weight excluding hydrogens is 338 g/mol. The Balaban J connectivity index is 1.97. The molecule has 0 aliphatic carbocycles. The van der Waals surface area contributed by atoms with E-state index in [-0.39, 0.29) is 0 Å². The van der Waals surface area contributed by atoms with Gasteiger partial charge in [-0.3, -0.25) is 0 Å². The molecule has 2 heterocycles. The number of nitrogens with zero attached hydrogens (tertiary/aromatic N) is 3. The maximum Gasteiger partial charge on any atom is 0.268 e. The van der Waals surface area contributed by atoms with Gasteiger partial charge in [0.15, 0.2) is 0 Å². The van der Waals surface area contributed by atoms with Gasteiger partial charge in [0.1, 0.15) is 10.9 Å². The second kappa shape index (κ2) is 5.19. The molecule has 0 fully saturated rings. The van der Waals surface area contributed by atoms with Gasteiger partial charge in [0.05, 0.1) is 4.88 Å². The summed E-state index contributed by atoms with van der Waals surface area (Å²) in [4.78, 5) is 5.79.